The normalized spacial score (nSPS) is 20.3. The lowest BCUT2D eigenvalue weighted by Gasteiger charge is -2.35. The van der Waals surface area contributed by atoms with Crippen LogP contribution in [0.2, 0.25) is 0 Å². The van der Waals surface area contributed by atoms with Crippen molar-refractivity contribution in [2.75, 3.05) is 20.2 Å². The van der Waals surface area contributed by atoms with Gasteiger partial charge in [-0.05, 0) is 64.1 Å². The zero-order valence-electron chi connectivity index (χ0n) is 21.6. The quantitative estimate of drug-likeness (QED) is 0.365. The number of rotatable bonds is 11. The van der Waals surface area contributed by atoms with Crippen molar-refractivity contribution < 1.29 is 23.9 Å². The number of carbonyl (C=O) groups is 3. The fourth-order valence-electron chi connectivity index (χ4n) is 5.26. The summed E-state index contributed by atoms with van der Waals surface area (Å²) in [4.78, 5) is 41.1. The summed E-state index contributed by atoms with van der Waals surface area (Å²) in [6, 6.07) is 6.02. The molecule has 0 bridgehead atoms. The van der Waals surface area contributed by atoms with Crippen LogP contribution in [0.1, 0.15) is 88.4 Å². The third-order valence-electron chi connectivity index (χ3n) is 7.20. The molecule has 2 fully saturated rings. The molecule has 7 heteroatoms. The van der Waals surface area contributed by atoms with Gasteiger partial charge in [0.2, 0.25) is 5.91 Å². The van der Waals surface area contributed by atoms with Crippen molar-refractivity contribution in [2.45, 2.75) is 96.2 Å². The number of hydrogen-bond donors (Lipinski definition) is 1. The number of ketones is 1. The highest BCUT2D eigenvalue weighted by Crippen LogP contribution is 2.28. The van der Waals surface area contributed by atoms with Crippen molar-refractivity contribution >= 4 is 17.7 Å². The molecule has 3 rings (SSSR count). The minimum Gasteiger partial charge on any atom is -0.497 e. The van der Waals surface area contributed by atoms with Crippen molar-refractivity contribution in [1.82, 2.24) is 10.2 Å². The van der Waals surface area contributed by atoms with Gasteiger partial charge in [-0.2, -0.15) is 0 Å². The third kappa shape index (κ3) is 8.34. The van der Waals surface area contributed by atoms with Gasteiger partial charge in [0, 0.05) is 5.56 Å². The minimum atomic E-state index is -0.648. The van der Waals surface area contributed by atoms with Crippen molar-refractivity contribution in [3.05, 3.63) is 29.8 Å². The summed E-state index contributed by atoms with van der Waals surface area (Å²) >= 11 is 0. The first-order chi connectivity index (χ1) is 16.9. The van der Waals surface area contributed by atoms with Crippen LogP contribution < -0.4 is 10.1 Å². The molecule has 1 aromatic rings. The molecule has 0 radical (unpaired) electrons. The fourth-order valence-corrected chi connectivity index (χ4v) is 5.26. The minimum absolute atomic E-state index is 0.0448. The van der Waals surface area contributed by atoms with Gasteiger partial charge in [-0.3, -0.25) is 14.5 Å². The molecule has 1 aromatic carbocycles. The number of nitrogens with zero attached hydrogens (tertiary/aromatic N) is 1. The Morgan fingerprint density at radius 2 is 1.80 bits per heavy atom. The number of amides is 1. The second-order valence-electron chi connectivity index (χ2n) is 10.3. The Morgan fingerprint density at radius 3 is 2.51 bits per heavy atom. The van der Waals surface area contributed by atoms with E-state index in [0.29, 0.717) is 36.6 Å². The topological polar surface area (TPSA) is 84.9 Å². The average Bonchev–Trinajstić information content (AvgIpc) is 2.86. The molecule has 1 saturated carbocycles. The number of Topliss-reactive ketones (excluding diaryl/α,β-unsaturated/α-hetero) is 1. The number of piperidine rings is 1. The summed E-state index contributed by atoms with van der Waals surface area (Å²) in [5.74, 6) is 0.656. The maximum Gasteiger partial charge on any atom is 0.328 e. The molecule has 0 unspecified atom stereocenters. The van der Waals surface area contributed by atoms with E-state index < -0.39 is 12.1 Å². The molecule has 1 N–H and O–H groups in total. The predicted octanol–water partition coefficient (Wildman–Crippen LogP) is 4.53. The van der Waals surface area contributed by atoms with Gasteiger partial charge in [0.1, 0.15) is 11.8 Å². The zero-order valence-corrected chi connectivity index (χ0v) is 21.6. The Labute approximate surface area is 209 Å². The van der Waals surface area contributed by atoms with Crippen LogP contribution >= 0.6 is 0 Å². The van der Waals surface area contributed by atoms with Gasteiger partial charge < -0.3 is 14.8 Å². The van der Waals surface area contributed by atoms with Crippen molar-refractivity contribution in [2.24, 2.45) is 5.92 Å². The summed E-state index contributed by atoms with van der Waals surface area (Å²) in [6.45, 7) is 4.49. The van der Waals surface area contributed by atoms with Crippen LogP contribution in [0.3, 0.4) is 0 Å². The van der Waals surface area contributed by atoms with Crippen molar-refractivity contribution in [3.8, 4) is 5.75 Å². The smallest absolute Gasteiger partial charge is 0.328 e. The molecule has 2 aliphatic rings. The molecule has 1 saturated heterocycles. The van der Waals surface area contributed by atoms with Crippen LogP contribution in [0.25, 0.3) is 0 Å². The van der Waals surface area contributed by atoms with Gasteiger partial charge in [0.15, 0.2) is 5.78 Å². The molecule has 0 spiro atoms. The van der Waals surface area contributed by atoms with Crippen molar-refractivity contribution in [3.63, 3.8) is 0 Å². The van der Waals surface area contributed by atoms with E-state index in [9.17, 15) is 14.4 Å². The number of hydrogen-bond acceptors (Lipinski definition) is 6. The lowest BCUT2D eigenvalue weighted by Crippen LogP contribution is -2.54. The van der Waals surface area contributed by atoms with Gasteiger partial charge in [-0.1, -0.05) is 50.7 Å². The van der Waals surface area contributed by atoms with Gasteiger partial charge in [0.05, 0.1) is 25.8 Å². The monoisotopic (exact) mass is 486 g/mol. The lowest BCUT2D eigenvalue weighted by molar-refractivity contribution is -0.152. The van der Waals surface area contributed by atoms with E-state index >= 15 is 0 Å². The highest BCUT2D eigenvalue weighted by molar-refractivity contribution is 5.98. The summed E-state index contributed by atoms with van der Waals surface area (Å²) in [5, 5.41) is 3.01. The van der Waals surface area contributed by atoms with Crippen LogP contribution in [-0.4, -0.2) is 60.9 Å². The first-order valence-electron chi connectivity index (χ1n) is 13.3. The lowest BCUT2D eigenvalue weighted by atomic mass is 9.85. The maximum atomic E-state index is 13.4. The molecule has 1 aliphatic carbocycles. The Kier molecular flexibility index (Phi) is 10.6. The summed E-state index contributed by atoms with van der Waals surface area (Å²) in [6.07, 6.45) is 9.99. The van der Waals surface area contributed by atoms with Crippen LogP contribution in [-0.2, 0) is 14.3 Å². The predicted molar refractivity (Wildman–Crippen MR) is 136 cm³/mol. The van der Waals surface area contributed by atoms with E-state index in [2.05, 4.69) is 5.32 Å². The van der Waals surface area contributed by atoms with Crippen molar-refractivity contribution in [1.29, 1.82) is 0 Å². The first-order valence-corrected chi connectivity index (χ1v) is 13.3. The van der Waals surface area contributed by atoms with E-state index in [0.717, 1.165) is 19.3 Å². The van der Waals surface area contributed by atoms with Crippen LogP contribution in [0, 0.1) is 5.92 Å². The second kappa shape index (κ2) is 13.6. The molecule has 35 heavy (non-hydrogen) atoms. The van der Waals surface area contributed by atoms with Crippen LogP contribution in [0.4, 0.5) is 0 Å². The van der Waals surface area contributed by atoms with E-state index in [-0.39, 0.29) is 30.3 Å². The number of likely N-dealkylation sites (tertiary alicyclic amines) is 1. The Balaban J connectivity index is 1.64. The van der Waals surface area contributed by atoms with Gasteiger partial charge in [-0.15, -0.1) is 0 Å². The molecule has 1 heterocycles. The summed E-state index contributed by atoms with van der Waals surface area (Å²) in [5.41, 5.74) is 0.569. The molecule has 1 aliphatic heterocycles. The largest absolute Gasteiger partial charge is 0.497 e. The summed E-state index contributed by atoms with van der Waals surface area (Å²) < 4.78 is 10.7. The number of methoxy groups -OCH3 is 1. The first kappa shape index (κ1) is 27.2. The van der Waals surface area contributed by atoms with Crippen LogP contribution in [0.15, 0.2) is 24.3 Å². The van der Waals surface area contributed by atoms with Gasteiger partial charge >= 0.3 is 5.97 Å². The Morgan fingerprint density at radius 1 is 1.06 bits per heavy atom. The molecule has 194 valence electrons. The number of esters is 1. The highest BCUT2D eigenvalue weighted by Gasteiger charge is 2.33. The molecular formula is C28H42N2O5. The molecular weight excluding hydrogens is 444 g/mol. The van der Waals surface area contributed by atoms with E-state index in [1.54, 1.807) is 31.4 Å². The highest BCUT2D eigenvalue weighted by atomic mass is 16.5. The molecule has 0 aromatic heterocycles. The SMILES string of the molecule is COc1cccc(C(=O)CN2CCCC[C@H]2C(=O)N[C@@H](CCC2CCCCC2)C(=O)OC(C)C)c1. The molecule has 7 nitrogen and oxygen atoms in total. The third-order valence-corrected chi connectivity index (χ3v) is 7.20. The summed E-state index contributed by atoms with van der Waals surface area (Å²) in [7, 11) is 1.57. The van der Waals surface area contributed by atoms with E-state index in [1.165, 1.54) is 32.1 Å². The fraction of sp³-hybridized carbons (Fsp3) is 0.679. The standard InChI is InChI=1S/C28H42N2O5/c1-20(2)35-28(33)24(16-15-21-10-5-4-6-11-21)29-27(32)25-14-7-8-17-30(25)19-26(31)22-12-9-13-23(18-22)34-3/h9,12-13,18,20-21,24-25H,4-8,10-11,14-17,19H2,1-3H3,(H,29,32)/t24-,25-/m0/s1. The number of benzene rings is 1. The number of ether oxygens (including phenoxy) is 2. The van der Waals surface area contributed by atoms with Gasteiger partial charge in [0.25, 0.3) is 0 Å². The Bertz CT molecular complexity index is 850. The second-order valence-corrected chi connectivity index (χ2v) is 10.3. The van der Waals surface area contributed by atoms with Gasteiger partial charge in [-0.25, -0.2) is 4.79 Å². The average molecular weight is 487 g/mol. The van der Waals surface area contributed by atoms with Crippen LogP contribution in [0.5, 0.6) is 5.75 Å². The van der Waals surface area contributed by atoms with E-state index in [1.807, 2.05) is 18.7 Å². The maximum absolute atomic E-state index is 13.4. The zero-order chi connectivity index (χ0) is 25.2. The Hall–Kier alpha value is -2.41. The molecule has 1 amide bonds. The molecule has 2 atom stereocenters. The van der Waals surface area contributed by atoms with E-state index in [4.69, 9.17) is 9.47 Å². The number of nitrogens with one attached hydrogen (secondary N) is 1. The number of carbonyl (C=O) groups excluding carboxylic acids is 3.